The van der Waals surface area contributed by atoms with E-state index in [4.69, 9.17) is 9.47 Å². The van der Waals surface area contributed by atoms with Gasteiger partial charge in [0.05, 0.1) is 6.61 Å². The molecular formula is C29H31NO4. The van der Waals surface area contributed by atoms with E-state index in [9.17, 15) is 9.90 Å². The van der Waals surface area contributed by atoms with Crippen LogP contribution in [0.3, 0.4) is 0 Å². The van der Waals surface area contributed by atoms with Gasteiger partial charge in [0, 0.05) is 24.1 Å². The van der Waals surface area contributed by atoms with Gasteiger partial charge in [-0.2, -0.15) is 0 Å². The molecule has 2 fully saturated rings. The van der Waals surface area contributed by atoms with E-state index in [1.54, 1.807) is 0 Å². The summed E-state index contributed by atoms with van der Waals surface area (Å²) >= 11 is 0. The fourth-order valence-electron chi connectivity index (χ4n) is 4.95. The predicted molar refractivity (Wildman–Crippen MR) is 134 cm³/mol. The van der Waals surface area contributed by atoms with E-state index in [2.05, 4.69) is 47.4 Å². The van der Waals surface area contributed by atoms with Crippen LogP contribution in [0.5, 0.6) is 5.75 Å². The van der Waals surface area contributed by atoms with Crippen LogP contribution in [-0.4, -0.2) is 54.9 Å². The van der Waals surface area contributed by atoms with E-state index < -0.39 is 6.10 Å². The van der Waals surface area contributed by atoms with Gasteiger partial charge in [0.25, 0.3) is 0 Å². The number of nitrogens with zero attached hydrogens (tertiary/aromatic N) is 1. The van der Waals surface area contributed by atoms with Crippen LogP contribution < -0.4 is 4.74 Å². The van der Waals surface area contributed by atoms with E-state index in [1.807, 2.05) is 30.3 Å². The number of para-hydroxylation sites is 1. The van der Waals surface area contributed by atoms with E-state index in [1.165, 1.54) is 16.3 Å². The molecule has 0 radical (unpaired) electrons. The van der Waals surface area contributed by atoms with Gasteiger partial charge in [-0.3, -0.25) is 0 Å². The molecule has 5 nitrogen and oxygen atoms in total. The number of hydrogen-bond acceptors (Lipinski definition) is 5. The van der Waals surface area contributed by atoms with Gasteiger partial charge in [-0.05, 0) is 60.3 Å². The number of esters is 1. The van der Waals surface area contributed by atoms with Crippen LogP contribution in [0.1, 0.15) is 36.3 Å². The number of ether oxygens (including phenoxy) is 2. The highest BCUT2D eigenvalue weighted by atomic mass is 16.5. The molecule has 0 saturated carbocycles. The molecule has 1 atom stereocenters. The third kappa shape index (κ3) is 5.32. The Kier molecular flexibility index (Phi) is 6.93. The Morgan fingerprint density at radius 2 is 1.79 bits per heavy atom. The second-order valence-electron chi connectivity index (χ2n) is 9.24. The molecule has 0 unspecified atom stereocenters. The topological polar surface area (TPSA) is 59.0 Å². The summed E-state index contributed by atoms with van der Waals surface area (Å²) in [5, 5.41) is 13.2. The van der Waals surface area contributed by atoms with Gasteiger partial charge in [-0.15, -0.1) is 0 Å². The number of rotatable bonds is 7. The van der Waals surface area contributed by atoms with Crippen molar-refractivity contribution in [3.05, 3.63) is 83.4 Å². The van der Waals surface area contributed by atoms with Crippen LogP contribution in [-0.2, 0) is 9.53 Å². The van der Waals surface area contributed by atoms with Crippen LogP contribution >= 0.6 is 0 Å². The number of aliphatic hydroxyl groups is 1. The number of carbonyl (C=O) groups excluding carboxylic acids is 1. The highest BCUT2D eigenvalue weighted by Crippen LogP contribution is 2.30. The fourth-order valence-corrected chi connectivity index (χ4v) is 4.95. The first-order valence-corrected chi connectivity index (χ1v) is 12.1. The zero-order valence-electron chi connectivity index (χ0n) is 19.4. The third-order valence-electron chi connectivity index (χ3n) is 6.85. The van der Waals surface area contributed by atoms with Crippen LogP contribution in [0.2, 0.25) is 0 Å². The highest BCUT2D eigenvalue weighted by molar-refractivity contribution is 5.95. The first-order valence-electron chi connectivity index (χ1n) is 12.1. The summed E-state index contributed by atoms with van der Waals surface area (Å²) in [6, 6.07) is 22.9. The Balaban J connectivity index is 1.12. The first kappa shape index (κ1) is 22.6. The smallest absolute Gasteiger partial charge is 0.334 e. The largest absolute Gasteiger partial charge is 0.490 e. The number of cyclic esters (lactones) is 1. The minimum Gasteiger partial charge on any atom is -0.490 e. The maximum absolute atomic E-state index is 11.8. The number of benzene rings is 3. The predicted octanol–water partition coefficient (Wildman–Crippen LogP) is 4.79. The Morgan fingerprint density at radius 3 is 2.59 bits per heavy atom. The molecule has 2 saturated heterocycles. The molecule has 2 aliphatic heterocycles. The van der Waals surface area contributed by atoms with Crippen molar-refractivity contribution in [3.63, 3.8) is 0 Å². The molecular weight excluding hydrogens is 426 g/mol. The van der Waals surface area contributed by atoms with Crippen LogP contribution in [0, 0.1) is 0 Å². The zero-order chi connectivity index (χ0) is 23.3. The quantitative estimate of drug-likeness (QED) is 0.408. The fraction of sp³-hybridized carbons (Fsp3) is 0.345. The van der Waals surface area contributed by atoms with Crippen LogP contribution in [0.15, 0.2) is 72.3 Å². The molecule has 3 aromatic rings. The maximum atomic E-state index is 11.8. The van der Waals surface area contributed by atoms with Crippen molar-refractivity contribution in [1.82, 2.24) is 4.90 Å². The van der Waals surface area contributed by atoms with Gasteiger partial charge in [0.15, 0.2) is 0 Å². The average molecular weight is 458 g/mol. The van der Waals surface area contributed by atoms with Gasteiger partial charge in [0.1, 0.15) is 18.5 Å². The molecule has 1 N–H and O–H groups in total. The second-order valence-corrected chi connectivity index (χ2v) is 9.24. The molecule has 5 rings (SSSR count). The van der Waals surface area contributed by atoms with E-state index in [0.717, 1.165) is 31.5 Å². The number of piperidine rings is 1. The van der Waals surface area contributed by atoms with Crippen molar-refractivity contribution >= 4 is 22.8 Å². The third-order valence-corrected chi connectivity index (χ3v) is 6.85. The summed E-state index contributed by atoms with van der Waals surface area (Å²) in [5.41, 5.74) is 2.91. The van der Waals surface area contributed by atoms with Gasteiger partial charge in [0.2, 0.25) is 0 Å². The Labute approximate surface area is 200 Å². The summed E-state index contributed by atoms with van der Waals surface area (Å²) in [6.45, 7) is 3.19. The lowest BCUT2D eigenvalue weighted by Gasteiger charge is -2.33. The summed E-state index contributed by atoms with van der Waals surface area (Å²) in [7, 11) is 0. The van der Waals surface area contributed by atoms with Crippen molar-refractivity contribution < 1.29 is 19.4 Å². The van der Waals surface area contributed by atoms with Gasteiger partial charge in [-0.25, -0.2) is 4.79 Å². The molecule has 0 amide bonds. The lowest BCUT2D eigenvalue weighted by Crippen LogP contribution is -2.40. The van der Waals surface area contributed by atoms with E-state index in [0.29, 0.717) is 36.8 Å². The maximum Gasteiger partial charge on any atom is 0.334 e. The van der Waals surface area contributed by atoms with Crippen LogP contribution in [0.4, 0.5) is 0 Å². The minimum absolute atomic E-state index is 0.217. The number of hydrogen-bond donors (Lipinski definition) is 1. The molecule has 2 aliphatic rings. The zero-order valence-corrected chi connectivity index (χ0v) is 19.4. The van der Waals surface area contributed by atoms with Crippen molar-refractivity contribution in [1.29, 1.82) is 0 Å². The average Bonchev–Trinajstić information content (AvgIpc) is 3.28. The molecule has 5 heteroatoms. The van der Waals surface area contributed by atoms with Crippen molar-refractivity contribution in [2.24, 2.45) is 0 Å². The molecule has 0 aliphatic carbocycles. The summed E-state index contributed by atoms with van der Waals surface area (Å²) in [5.74, 6) is 0.974. The molecule has 3 aromatic carbocycles. The molecule has 0 bridgehead atoms. The number of aliphatic hydroxyl groups excluding tert-OH is 1. The molecule has 176 valence electrons. The lowest BCUT2D eigenvalue weighted by molar-refractivity contribution is -0.134. The lowest BCUT2D eigenvalue weighted by atomic mass is 9.88. The number of likely N-dealkylation sites (tertiary alicyclic amines) is 1. The number of fused-ring (bicyclic) bond motifs is 1. The minimum atomic E-state index is -0.575. The molecule has 34 heavy (non-hydrogen) atoms. The molecule has 0 spiro atoms. The molecule has 0 aromatic heterocycles. The normalized spacial score (nSPS) is 19.4. The molecule has 2 heterocycles. The summed E-state index contributed by atoms with van der Waals surface area (Å²) < 4.78 is 11.0. The Morgan fingerprint density at radius 1 is 1.03 bits per heavy atom. The Bertz CT molecular complexity index is 1180. The van der Waals surface area contributed by atoms with E-state index in [-0.39, 0.29) is 12.6 Å². The summed E-state index contributed by atoms with van der Waals surface area (Å²) in [4.78, 5) is 14.1. The SMILES string of the molecule is O=C1OCC/C1=C\c1ccccc1OC[C@@H](O)CN1CCC(c2ccc3ccccc3c2)CC1. The van der Waals surface area contributed by atoms with Crippen LogP contribution in [0.25, 0.3) is 16.8 Å². The summed E-state index contributed by atoms with van der Waals surface area (Å²) in [6.07, 6.45) is 4.06. The van der Waals surface area contributed by atoms with Gasteiger partial charge in [-0.1, -0.05) is 60.7 Å². The van der Waals surface area contributed by atoms with Gasteiger partial charge < -0.3 is 19.5 Å². The first-order chi connectivity index (χ1) is 16.7. The number of carbonyl (C=O) groups is 1. The monoisotopic (exact) mass is 457 g/mol. The van der Waals surface area contributed by atoms with Crippen molar-refractivity contribution in [2.75, 3.05) is 32.8 Å². The van der Waals surface area contributed by atoms with Crippen molar-refractivity contribution in [3.8, 4) is 5.75 Å². The van der Waals surface area contributed by atoms with Gasteiger partial charge >= 0.3 is 5.97 Å². The number of β-amino-alcohol motifs (C(OH)–C–C–N with tert-alkyl or cyclic N) is 1. The van der Waals surface area contributed by atoms with Crippen molar-refractivity contribution in [2.45, 2.75) is 31.3 Å². The second kappa shape index (κ2) is 10.4. The Hall–Kier alpha value is -3.15. The van der Waals surface area contributed by atoms with E-state index >= 15 is 0 Å². The highest BCUT2D eigenvalue weighted by Gasteiger charge is 2.23. The standard InChI is InChI=1S/C29H31NO4/c31-27(20-34-28-8-4-3-7-25(28)18-26-13-16-33-29(26)32)19-30-14-11-22(12-15-30)24-10-9-21-5-1-2-6-23(21)17-24/h1-10,17-18,22,27,31H,11-16,19-20H2/b26-18+/t27-/m0/s1.